The van der Waals surface area contributed by atoms with E-state index in [0.717, 1.165) is 16.0 Å². The third-order valence-electron chi connectivity index (χ3n) is 2.43. The summed E-state index contributed by atoms with van der Waals surface area (Å²) in [4.78, 5) is 1.05. The maximum atomic E-state index is 6.26. The number of benzene rings is 2. The van der Waals surface area contributed by atoms with Crippen LogP contribution in [0.1, 0.15) is 0 Å². The molecule has 0 saturated heterocycles. The zero-order chi connectivity index (χ0) is 12.4. The summed E-state index contributed by atoms with van der Waals surface area (Å²) in [7, 11) is 0. The Labute approximate surface area is 115 Å². The first-order chi connectivity index (χ1) is 8.11. The number of anilines is 1. The number of rotatable bonds is 2. The molecule has 0 atom stereocenters. The Morgan fingerprint density at radius 1 is 1.06 bits per heavy atom. The standard InChI is InChI=1S/C13H11Cl2NS/c1-17-10-6-11(14)13(12(15)7-10)8-3-2-4-9(16)5-8/h2-7H,16H2,1H3. The Kier molecular flexibility index (Phi) is 3.87. The molecule has 0 spiro atoms. The van der Waals surface area contributed by atoms with Gasteiger partial charge in [-0.2, -0.15) is 0 Å². The van der Waals surface area contributed by atoms with Crippen LogP contribution < -0.4 is 5.73 Å². The van der Waals surface area contributed by atoms with E-state index in [1.54, 1.807) is 11.8 Å². The van der Waals surface area contributed by atoms with Gasteiger partial charge in [-0.1, -0.05) is 35.3 Å². The van der Waals surface area contributed by atoms with Crippen molar-refractivity contribution in [3.8, 4) is 11.1 Å². The van der Waals surface area contributed by atoms with E-state index in [1.165, 1.54) is 0 Å². The van der Waals surface area contributed by atoms with Crippen LogP contribution in [-0.2, 0) is 0 Å². The molecule has 0 amide bonds. The van der Waals surface area contributed by atoms with Crippen molar-refractivity contribution in [1.82, 2.24) is 0 Å². The summed E-state index contributed by atoms with van der Waals surface area (Å²) in [5.74, 6) is 0. The van der Waals surface area contributed by atoms with Gasteiger partial charge in [-0.15, -0.1) is 11.8 Å². The van der Waals surface area contributed by atoms with Gasteiger partial charge in [-0.3, -0.25) is 0 Å². The molecule has 0 aliphatic carbocycles. The Morgan fingerprint density at radius 2 is 1.71 bits per heavy atom. The second-order valence-electron chi connectivity index (χ2n) is 3.59. The first kappa shape index (κ1) is 12.6. The number of nitrogen functional groups attached to an aromatic ring is 1. The number of hydrogen-bond acceptors (Lipinski definition) is 2. The van der Waals surface area contributed by atoms with E-state index in [1.807, 2.05) is 42.7 Å². The highest BCUT2D eigenvalue weighted by Gasteiger charge is 2.10. The van der Waals surface area contributed by atoms with E-state index in [9.17, 15) is 0 Å². The molecule has 17 heavy (non-hydrogen) atoms. The fraction of sp³-hybridized carbons (Fsp3) is 0.0769. The van der Waals surface area contributed by atoms with Crippen molar-refractivity contribution in [2.75, 3.05) is 12.0 Å². The van der Waals surface area contributed by atoms with Gasteiger partial charge in [0.15, 0.2) is 0 Å². The third-order valence-corrected chi connectivity index (χ3v) is 3.73. The highest BCUT2D eigenvalue weighted by Crippen LogP contribution is 2.38. The largest absolute Gasteiger partial charge is 0.399 e. The Hall–Kier alpha value is -0.830. The normalized spacial score (nSPS) is 10.5. The maximum absolute atomic E-state index is 6.26. The van der Waals surface area contributed by atoms with Crippen molar-refractivity contribution in [2.24, 2.45) is 0 Å². The van der Waals surface area contributed by atoms with Crippen molar-refractivity contribution < 1.29 is 0 Å². The molecule has 0 saturated carbocycles. The number of nitrogens with two attached hydrogens (primary N) is 1. The quantitative estimate of drug-likeness (QED) is 0.622. The van der Waals surface area contributed by atoms with E-state index in [2.05, 4.69) is 0 Å². The summed E-state index contributed by atoms with van der Waals surface area (Å²) in [6, 6.07) is 11.4. The summed E-state index contributed by atoms with van der Waals surface area (Å²) < 4.78 is 0. The Balaban J connectivity index is 2.60. The second kappa shape index (κ2) is 5.21. The van der Waals surface area contributed by atoms with E-state index < -0.39 is 0 Å². The lowest BCUT2D eigenvalue weighted by atomic mass is 10.1. The Morgan fingerprint density at radius 3 is 2.24 bits per heavy atom. The lowest BCUT2D eigenvalue weighted by Gasteiger charge is -2.09. The molecule has 4 heteroatoms. The summed E-state index contributed by atoms with van der Waals surface area (Å²) in [5.41, 5.74) is 8.23. The number of hydrogen-bond donors (Lipinski definition) is 1. The molecule has 2 rings (SSSR count). The van der Waals surface area contributed by atoms with Gasteiger partial charge in [0.05, 0.1) is 10.0 Å². The minimum Gasteiger partial charge on any atom is -0.399 e. The minimum atomic E-state index is 0.646. The van der Waals surface area contributed by atoms with Crippen molar-refractivity contribution in [3.05, 3.63) is 46.4 Å². The Bertz CT molecular complexity index is 532. The van der Waals surface area contributed by atoms with Gasteiger partial charge in [0.1, 0.15) is 0 Å². The van der Waals surface area contributed by atoms with Crippen LogP contribution in [-0.4, -0.2) is 6.26 Å². The minimum absolute atomic E-state index is 0.646. The summed E-state index contributed by atoms with van der Waals surface area (Å²) in [5, 5.41) is 1.29. The topological polar surface area (TPSA) is 26.0 Å². The smallest absolute Gasteiger partial charge is 0.0510 e. The van der Waals surface area contributed by atoms with Crippen molar-refractivity contribution in [2.45, 2.75) is 4.90 Å². The van der Waals surface area contributed by atoms with Gasteiger partial charge in [-0.05, 0) is 36.1 Å². The van der Waals surface area contributed by atoms with Gasteiger partial charge in [0.2, 0.25) is 0 Å². The van der Waals surface area contributed by atoms with Crippen LogP contribution >= 0.6 is 35.0 Å². The molecule has 0 aliphatic rings. The third kappa shape index (κ3) is 2.71. The van der Waals surface area contributed by atoms with Gasteiger partial charge < -0.3 is 5.73 Å². The zero-order valence-corrected chi connectivity index (χ0v) is 11.5. The van der Waals surface area contributed by atoms with Crippen molar-refractivity contribution >= 4 is 40.7 Å². The molecule has 2 aromatic rings. The summed E-state index contributed by atoms with van der Waals surface area (Å²) >= 11 is 14.1. The molecule has 0 unspecified atom stereocenters. The molecule has 88 valence electrons. The lowest BCUT2D eigenvalue weighted by molar-refractivity contribution is 1.46. The number of halogens is 2. The van der Waals surface area contributed by atoms with Gasteiger partial charge in [-0.25, -0.2) is 0 Å². The SMILES string of the molecule is CSc1cc(Cl)c(-c2cccc(N)c2)c(Cl)c1. The molecule has 0 fully saturated rings. The molecule has 0 bridgehead atoms. The molecule has 2 aromatic carbocycles. The van der Waals surface area contributed by atoms with Gasteiger partial charge in [0.25, 0.3) is 0 Å². The van der Waals surface area contributed by atoms with Crippen molar-refractivity contribution in [1.29, 1.82) is 0 Å². The van der Waals surface area contributed by atoms with Crippen LogP contribution in [0.5, 0.6) is 0 Å². The van der Waals surface area contributed by atoms with Crippen LogP contribution in [0.15, 0.2) is 41.3 Å². The van der Waals surface area contributed by atoms with E-state index >= 15 is 0 Å². The van der Waals surface area contributed by atoms with Gasteiger partial charge >= 0.3 is 0 Å². The molecule has 0 aliphatic heterocycles. The highest BCUT2D eigenvalue weighted by molar-refractivity contribution is 7.98. The van der Waals surface area contributed by atoms with Crippen LogP contribution in [0.2, 0.25) is 10.0 Å². The first-order valence-electron chi connectivity index (χ1n) is 5.01. The molecule has 0 heterocycles. The molecule has 0 radical (unpaired) electrons. The molecule has 0 aromatic heterocycles. The fourth-order valence-corrected chi connectivity index (χ4v) is 2.94. The van der Waals surface area contributed by atoms with Crippen LogP contribution in [0.25, 0.3) is 11.1 Å². The van der Waals surface area contributed by atoms with E-state index in [4.69, 9.17) is 28.9 Å². The monoisotopic (exact) mass is 283 g/mol. The zero-order valence-electron chi connectivity index (χ0n) is 9.21. The number of thioether (sulfide) groups is 1. The maximum Gasteiger partial charge on any atom is 0.0510 e. The van der Waals surface area contributed by atoms with Gasteiger partial charge in [0, 0.05) is 16.1 Å². The average Bonchev–Trinajstić information content (AvgIpc) is 2.28. The van der Waals surface area contributed by atoms with E-state index in [-0.39, 0.29) is 0 Å². The van der Waals surface area contributed by atoms with Crippen LogP contribution in [0.3, 0.4) is 0 Å². The second-order valence-corrected chi connectivity index (χ2v) is 5.29. The summed E-state index contributed by atoms with van der Waals surface area (Å²) in [6.45, 7) is 0. The molecule has 1 nitrogen and oxygen atoms in total. The predicted molar refractivity (Wildman–Crippen MR) is 78.1 cm³/mol. The molecule has 2 N–H and O–H groups in total. The fourth-order valence-electron chi connectivity index (χ4n) is 1.64. The highest BCUT2D eigenvalue weighted by atomic mass is 35.5. The summed E-state index contributed by atoms with van der Waals surface area (Å²) in [6.07, 6.45) is 1.99. The lowest BCUT2D eigenvalue weighted by Crippen LogP contribution is -1.87. The molecular formula is C13H11Cl2NS. The van der Waals surface area contributed by atoms with Crippen LogP contribution in [0, 0.1) is 0 Å². The van der Waals surface area contributed by atoms with Crippen LogP contribution in [0.4, 0.5) is 5.69 Å². The predicted octanol–water partition coefficient (Wildman–Crippen LogP) is 4.96. The first-order valence-corrected chi connectivity index (χ1v) is 6.99. The average molecular weight is 284 g/mol. The molecular weight excluding hydrogens is 273 g/mol. The van der Waals surface area contributed by atoms with Crippen molar-refractivity contribution in [3.63, 3.8) is 0 Å². The van der Waals surface area contributed by atoms with E-state index in [0.29, 0.717) is 15.7 Å².